The molecule has 0 aromatic heterocycles. The van der Waals surface area contributed by atoms with Crippen molar-refractivity contribution in [2.75, 3.05) is 40.5 Å². The van der Waals surface area contributed by atoms with Gasteiger partial charge in [0, 0.05) is 12.0 Å². The fourth-order valence-electron chi connectivity index (χ4n) is 0.825. The second-order valence-corrected chi connectivity index (χ2v) is 4.18. The highest BCUT2D eigenvalue weighted by Gasteiger charge is 2.20. The summed E-state index contributed by atoms with van der Waals surface area (Å²) in [4.78, 5) is 2.09. The fourth-order valence-corrected chi connectivity index (χ4v) is 0.825. The van der Waals surface area contributed by atoms with Crippen LogP contribution < -0.4 is 0 Å². The summed E-state index contributed by atoms with van der Waals surface area (Å²) < 4.78 is 5.49. The van der Waals surface area contributed by atoms with E-state index in [0.29, 0.717) is 6.61 Å². The highest BCUT2D eigenvalue weighted by molar-refractivity contribution is 4.70. The van der Waals surface area contributed by atoms with Crippen LogP contribution in [0.25, 0.3) is 0 Å². The van der Waals surface area contributed by atoms with Gasteiger partial charge in [0.1, 0.15) is 0 Å². The molecule has 1 N–H and O–H groups in total. The number of hydrogen-bond donors (Lipinski definition) is 1. The lowest BCUT2D eigenvalue weighted by molar-refractivity contribution is 0.0107. The van der Waals surface area contributed by atoms with Crippen LogP contribution in [0.3, 0.4) is 0 Å². The van der Waals surface area contributed by atoms with Crippen molar-refractivity contribution in [1.82, 2.24) is 4.90 Å². The second kappa shape index (κ2) is 6.35. The quantitative estimate of drug-likeness (QED) is 0.606. The van der Waals surface area contributed by atoms with Crippen LogP contribution in [0.2, 0.25) is 0 Å². The topological polar surface area (TPSA) is 32.7 Å². The van der Waals surface area contributed by atoms with E-state index in [1.54, 1.807) is 0 Å². The van der Waals surface area contributed by atoms with Gasteiger partial charge in [0.25, 0.3) is 0 Å². The van der Waals surface area contributed by atoms with Gasteiger partial charge in [-0.05, 0) is 20.5 Å². The number of aliphatic hydroxyl groups excluding tert-OH is 1. The molecule has 3 nitrogen and oxygen atoms in total. The first-order chi connectivity index (χ1) is 6.04. The van der Waals surface area contributed by atoms with Crippen LogP contribution in [-0.2, 0) is 4.74 Å². The molecule has 0 aromatic rings. The Balaban J connectivity index is 3.50. The Hall–Kier alpha value is -0.120. The zero-order chi connectivity index (χ0) is 10.3. The van der Waals surface area contributed by atoms with Gasteiger partial charge in [-0.1, -0.05) is 13.8 Å². The third kappa shape index (κ3) is 6.02. The number of aliphatic hydroxyl groups is 1. The predicted molar refractivity (Wildman–Crippen MR) is 54.9 cm³/mol. The van der Waals surface area contributed by atoms with Crippen LogP contribution in [0.5, 0.6) is 0 Å². The first kappa shape index (κ1) is 12.9. The molecule has 1 unspecified atom stereocenters. The van der Waals surface area contributed by atoms with Gasteiger partial charge in [-0.3, -0.25) is 0 Å². The lowest BCUT2D eigenvalue weighted by Gasteiger charge is -2.25. The molecule has 0 aromatic carbocycles. The molecule has 0 fully saturated rings. The van der Waals surface area contributed by atoms with Crippen LogP contribution in [-0.4, -0.2) is 50.5 Å². The molecule has 0 spiro atoms. The molecule has 0 radical (unpaired) electrons. The van der Waals surface area contributed by atoms with Crippen molar-refractivity contribution in [3.63, 3.8) is 0 Å². The van der Waals surface area contributed by atoms with Gasteiger partial charge in [0.2, 0.25) is 0 Å². The van der Waals surface area contributed by atoms with Gasteiger partial charge >= 0.3 is 0 Å². The first-order valence-corrected chi connectivity index (χ1v) is 4.87. The first-order valence-electron chi connectivity index (χ1n) is 4.87. The molecule has 0 aliphatic carbocycles. The minimum Gasteiger partial charge on any atom is -0.396 e. The SMILES string of the molecule is CCC(C)(CO)COCCN(C)C. The number of nitrogens with zero attached hydrogens (tertiary/aromatic N) is 1. The number of likely N-dealkylation sites (N-methyl/N-ethyl adjacent to an activating group) is 1. The van der Waals surface area contributed by atoms with Crippen LogP contribution >= 0.6 is 0 Å². The molecule has 0 heterocycles. The standard InChI is InChI=1S/C10H23NO2/c1-5-10(2,8-12)9-13-7-6-11(3)4/h12H,5-9H2,1-4H3. The summed E-state index contributed by atoms with van der Waals surface area (Å²) in [6, 6.07) is 0. The van der Waals surface area contributed by atoms with Crippen LogP contribution in [0.15, 0.2) is 0 Å². The summed E-state index contributed by atoms with van der Waals surface area (Å²) in [6.45, 7) is 6.64. The summed E-state index contributed by atoms with van der Waals surface area (Å²) in [7, 11) is 4.04. The number of rotatable bonds is 7. The van der Waals surface area contributed by atoms with Gasteiger partial charge in [-0.15, -0.1) is 0 Å². The predicted octanol–water partition coefficient (Wildman–Crippen LogP) is 0.973. The van der Waals surface area contributed by atoms with E-state index in [-0.39, 0.29) is 12.0 Å². The zero-order valence-corrected chi connectivity index (χ0v) is 9.34. The Morgan fingerprint density at radius 1 is 1.38 bits per heavy atom. The number of ether oxygens (including phenoxy) is 1. The van der Waals surface area contributed by atoms with E-state index in [1.165, 1.54) is 0 Å². The van der Waals surface area contributed by atoms with E-state index in [9.17, 15) is 0 Å². The summed E-state index contributed by atoms with van der Waals surface area (Å²) in [5, 5.41) is 9.10. The highest BCUT2D eigenvalue weighted by Crippen LogP contribution is 2.19. The van der Waals surface area contributed by atoms with E-state index in [0.717, 1.165) is 19.6 Å². The van der Waals surface area contributed by atoms with E-state index >= 15 is 0 Å². The Kier molecular flexibility index (Phi) is 6.29. The van der Waals surface area contributed by atoms with E-state index < -0.39 is 0 Å². The van der Waals surface area contributed by atoms with Crippen LogP contribution in [0.1, 0.15) is 20.3 Å². The molecule has 3 heteroatoms. The smallest absolute Gasteiger partial charge is 0.0593 e. The average Bonchev–Trinajstić information content (AvgIpc) is 2.12. The molecule has 0 bridgehead atoms. The maximum Gasteiger partial charge on any atom is 0.0593 e. The van der Waals surface area contributed by atoms with Gasteiger partial charge in [0.05, 0.1) is 19.8 Å². The largest absolute Gasteiger partial charge is 0.396 e. The maximum atomic E-state index is 9.10. The van der Waals surface area contributed by atoms with Gasteiger partial charge in [-0.2, -0.15) is 0 Å². The highest BCUT2D eigenvalue weighted by atomic mass is 16.5. The lowest BCUT2D eigenvalue weighted by atomic mass is 9.90. The molecular formula is C10H23NO2. The molecule has 0 amide bonds. The molecule has 0 rings (SSSR count). The molecular weight excluding hydrogens is 166 g/mol. The molecule has 0 saturated carbocycles. The van der Waals surface area contributed by atoms with Crippen LogP contribution in [0, 0.1) is 5.41 Å². The number of hydrogen-bond acceptors (Lipinski definition) is 3. The summed E-state index contributed by atoms with van der Waals surface area (Å²) in [5.41, 5.74) is -0.0632. The Bertz CT molecular complexity index is 122. The van der Waals surface area contributed by atoms with Crippen molar-refractivity contribution in [3.8, 4) is 0 Å². The Morgan fingerprint density at radius 3 is 2.38 bits per heavy atom. The molecule has 1 atom stereocenters. The summed E-state index contributed by atoms with van der Waals surface area (Å²) in [6.07, 6.45) is 0.950. The summed E-state index contributed by atoms with van der Waals surface area (Å²) >= 11 is 0. The third-order valence-corrected chi connectivity index (χ3v) is 2.37. The van der Waals surface area contributed by atoms with E-state index in [4.69, 9.17) is 9.84 Å². The molecule has 0 aliphatic heterocycles. The van der Waals surface area contributed by atoms with Crippen molar-refractivity contribution in [3.05, 3.63) is 0 Å². The van der Waals surface area contributed by atoms with Crippen molar-refractivity contribution in [1.29, 1.82) is 0 Å². The minimum absolute atomic E-state index is 0.0632. The Labute approximate surface area is 81.7 Å². The van der Waals surface area contributed by atoms with Crippen molar-refractivity contribution in [2.45, 2.75) is 20.3 Å². The molecule has 13 heavy (non-hydrogen) atoms. The minimum atomic E-state index is -0.0632. The average molecular weight is 189 g/mol. The second-order valence-electron chi connectivity index (χ2n) is 4.18. The molecule has 0 saturated heterocycles. The Morgan fingerprint density at radius 2 is 2.00 bits per heavy atom. The summed E-state index contributed by atoms with van der Waals surface area (Å²) in [5.74, 6) is 0. The normalized spacial score (nSPS) is 16.2. The lowest BCUT2D eigenvalue weighted by Crippen LogP contribution is -2.28. The fraction of sp³-hybridized carbons (Fsp3) is 1.00. The van der Waals surface area contributed by atoms with E-state index in [1.807, 2.05) is 21.0 Å². The van der Waals surface area contributed by atoms with Crippen molar-refractivity contribution < 1.29 is 9.84 Å². The maximum absolute atomic E-state index is 9.10. The third-order valence-electron chi connectivity index (χ3n) is 2.37. The van der Waals surface area contributed by atoms with Crippen LogP contribution in [0.4, 0.5) is 0 Å². The van der Waals surface area contributed by atoms with Gasteiger partial charge in [-0.25, -0.2) is 0 Å². The molecule has 0 aliphatic rings. The van der Waals surface area contributed by atoms with Gasteiger partial charge < -0.3 is 14.7 Å². The van der Waals surface area contributed by atoms with Crippen molar-refractivity contribution >= 4 is 0 Å². The zero-order valence-electron chi connectivity index (χ0n) is 9.34. The van der Waals surface area contributed by atoms with E-state index in [2.05, 4.69) is 11.8 Å². The van der Waals surface area contributed by atoms with Crippen molar-refractivity contribution in [2.24, 2.45) is 5.41 Å². The molecule has 80 valence electrons. The van der Waals surface area contributed by atoms with Gasteiger partial charge in [0.15, 0.2) is 0 Å². The monoisotopic (exact) mass is 189 g/mol.